The largest absolute Gasteiger partial charge is 0.463 e. The van der Waals surface area contributed by atoms with Crippen molar-refractivity contribution < 1.29 is 14.6 Å². The highest BCUT2D eigenvalue weighted by atomic mass is 16.5. The van der Waals surface area contributed by atoms with Crippen molar-refractivity contribution in [2.24, 2.45) is 0 Å². The Morgan fingerprint density at radius 3 is 2.50 bits per heavy atom. The fraction of sp³-hybridized carbons (Fsp3) is 0.800. The summed E-state index contributed by atoms with van der Waals surface area (Å²) in [5.41, 5.74) is 0. The first-order valence-electron chi connectivity index (χ1n) is 7.20. The molecule has 1 aliphatic carbocycles. The fourth-order valence-electron chi connectivity index (χ4n) is 2.38. The molecule has 0 fully saturated rings. The van der Waals surface area contributed by atoms with Gasteiger partial charge in [0.15, 0.2) is 0 Å². The lowest BCUT2D eigenvalue weighted by Gasteiger charge is -2.16. The summed E-state index contributed by atoms with van der Waals surface area (Å²) < 4.78 is 5.32. The van der Waals surface area contributed by atoms with E-state index in [1.807, 2.05) is 12.2 Å². The van der Waals surface area contributed by atoms with Crippen LogP contribution in [0.4, 0.5) is 0 Å². The second kappa shape index (κ2) is 9.15. The molecule has 1 aliphatic rings. The van der Waals surface area contributed by atoms with Crippen LogP contribution in [0.5, 0.6) is 0 Å². The van der Waals surface area contributed by atoms with Crippen molar-refractivity contribution in [1.82, 2.24) is 0 Å². The van der Waals surface area contributed by atoms with Crippen LogP contribution in [0, 0.1) is 0 Å². The third-order valence-corrected chi connectivity index (χ3v) is 3.37. The van der Waals surface area contributed by atoms with Gasteiger partial charge in [0.25, 0.3) is 0 Å². The molecule has 0 spiro atoms. The number of allylic oxidation sites excluding steroid dienone is 1. The molecule has 0 amide bonds. The molecular formula is C15H26O3. The SMILES string of the molecule is CC(=O)OC1CCC=CC(O)CCCCCCC1. The van der Waals surface area contributed by atoms with Crippen LogP contribution in [0.2, 0.25) is 0 Å². The third kappa shape index (κ3) is 7.49. The van der Waals surface area contributed by atoms with Crippen LogP contribution in [-0.2, 0) is 9.53 Å². The summed E-state index contributed by atoms with van der Waals surface area (Å²) in [6.07, 6.45) is 13.0. The zero-order chi connectivity index (χ0) is 13.2. The molecule has 0 heterocycles. The van der Waals surface area contributed by atoms with E-state index in [-0.39, 0.29) is 18.2 Å². The molecule has 0 aromatic rings. The number of carbonyl (C=O) groups is 1. The Bertz CT molecular complexity index is 260. The highest BCUT2D eigenvalue weighted by molar-refractivity contribution is 5.66. The first-order valence-corrected chi connectivity index (χ1v) is 7.20. The predicted molar refractivity (Wildman–Crippen MR) is 72.3 cm³/mol. The minimum atomic E-state index is -0.307. The summed E-state index contributed by atoms with van der Waals surface area (Å²) in [5.74, 6) is -0.187. The Labute approximate surface area is 110 Å². The van der Waals surface area contributed by atoms with Crippen LogP contribution in [0.3, 0.4) is 0 Å². The lowest BCUT2D eigenvalue weighted by atomic mass is 10.0. The summed E-state index contributed by atoms with van der Waals surface area (Å²) in [6, 6.07) is 0. The number of carbonyl (C=O) groups excluding carboxylic acids is 1. The predicted octanol–water partition coefficient (Wildman–Crippen LogP) is 3.36. The van der Waals surface area contributed by atoms with E-state index < -0.39 is 0 Å². The summed E-state index contributed by atoms with van der Waals surface area (Å²) in [6.45, 7) is 1.47. The van der Waals surface area contributed by atoms with E-state index in [0.29, 0.717) is 0 Å². The lowest BCUT2D eigenvalue weighted by molar-refractivity contribution is -0.146. The number of hydrogen-bond donors (Lipinski definition) is 1. The maximum absolute atomic E-state index is 11.0. The number of aliphatic hydroxyl groups excluding tert-OH is 1. The molecule has 1 N–H and O–H groups in total. The van der Waals surface area contributed by atoms with Crippen LogP contribution in [0.15, 0.2) is 12.2 Å². The third-order valence-electron chi connectivity index (χ3n) is 3.37. The fourth-order valence-corrected chi connectivity index (χ4v) is 2.38. The van der Waals surface area contributed by atoms with Crippen LogP contribution in [-0.4, -0.2) is 23.3 Å². The average Bonchev–Trinajstić information content (AvgIpc) is 2.33. The zero-order valence-corrected chi connectivity index (χ0v) is 11.4. The normalized spacial score (nSPS) is 27.7. The van der Waals surface area contributed by atoms with Crippen molar-refractivity contribution in [3.63, 3.8) is 0 Å². The van der Waals surface area contributed by atoms with Gasteiger partial charge in [0.05, 0.1) is 6.10 Å². The van der Waals surface area contributed by atoms with Crippen LogP contribution >= 0.6 is 0 Å². The van der Waals surface area contributed by atoms with Gasteiger partial charge in [-0.05, 0) is 32.1 Å². The Morgan fingerprint density at radius 1 is 1.11 bits per heavy atom. The highest BCUT2D eigenvalue weighted by Gasteiger charge is 2.11. The van der Waals surface area contributed by atoms with Gasteiger partial charge in [0, 0.05) is 6.92 Å². The minimum Gasteiger partial charge on any atom is -0.463 e. The lowest BCUT2D eigenvalue weighted by Crippen LogP contribution is -2.16. The van der Waals surface area contributed by atoms with Crippen molar-refractivity contribution in [1.29, 1.82) is 0 Å². The standard InChI is InChI=1S/C15H26O3/c1-13(16)18-15-11-6-4-2-3-5-9-14(17)10-7-8-12-15/h7,10,14-15,17H,2-6,8-9,11-12H2,1H3. The molecule has 0 aliphatic heterocycles. The van der Waals surface area contributed by atoms with Gasteiger partial charge in [-0.15, -0.1) is 0 Å². The van der Waals surface area contributed by atoms with Crippen molar-refractivity contribution in [2.45, 2.75) is 76.9 Å². The van der Waals surface area contributed by atoms with Crippen molar-refractivity contribution in [3.05, 3.63) is 12.2 Å². The molecule has 0 aromatic heterocycles. The Morgan fingerprint density at radius 2 is 1.78 bits per heavy atom. The maximum Gasteiger partial charge on any atom is 0.302 e. The number of aliphatic hydroxyl groups is 1. The van der Waals surface area contributed by atoms with Crippen molar-refractivity contribution in [3.8, 4) is 0 Å². The Hall–Kier alpha value is -0.830. The van der Waals surface area contributed by atoms with E-state index in [4.69, 9.17) is 4.74 Å². The van der Waals surface area contributed by atoms with E-state index in [9.17, 15) is 9.90 Å². The van der Waals surface area contributed by atoms with Gasteiger partial charge in [-0.25, -0.2) is 0 Å². The van der Waals surface area contributed by atoms with Gasteiger partial charge in [-0.2, -0.15) is 0 Å². The number of rotatable bonds is 1. The van der Waals surface area contributed by atoms with Crippen molar-refractivity contribution in [2.75, 3.05) is 0 Å². The summed E-state index contributed by atoms with van der Waals surface area (Å²) in [7, 11) is 0. The topological polar surface area (TPSA) is 46.5 Å². The van der Waals surface area contributed by atoms with Gasteiger partial charge in [-0.1, -0.05) is 37.8 Å². The first-order chi connectivity index (χ1) is 8.68. The molecule has 0 saturated carbocycles. The van der Waals surface area contributed by atoms with Gasteiger partial charge >= 0.3 is 5.97 Å². The second-order valence-corrected chi connectivity index (χ2v) is 5.15. The molecule has 3 heteroatoms. The molecular weight excluding hydrogens is 228 g/mol. The molecule has 2 unspecified atom stereocenters. The smallest absolute Gasteiger partial charge is 0.302 e. The maximum atomic E-state index is 11.0. The molecule has 0 saturated heterocycles. The van der Waals surface area contributed by atoms with E-state index in [1.54, 1.807) is 0 Å². The zero-order valence-electron chi connectivity index (χ0n) is 11.4. The molecule has 0 aromatic carbocycles. The highest BCUT2D eigenvalue weighted by Crippen LogP contribution is 2.16. The molecule has 18 heavy (non-hydrogen) atoms. The van der Waals surface area contributed by atoms with E-state index in [2.05, 4.69) is 0 Å². The van der Waals surface area contributed by atoms with Gasteiger partial charge in [-0.3, -0.25) is 4.79 Å². The van der Waals surface area contributed by atoms with Gasteiger partial charge in [0.2, 0.25) is 0 Å². The molecule has 1 rings (SSSR count). The quantitative estimate of drug-likeness (QED) is 0.576. The summed E-state index contributed by atoms with van der Waals surface area (Å²) >= 11 is 0. The van der Waals surface area contributed by atoms with E-state index in [0.717, 1.165) is 38.5 Å². The first kappa shape index (κ1) is 15.2. The summed E-state index contributed by atoms with van der Waals surface area (Å²) in [4.78, 5) is 11.0. The number of ether oxygens (including phenoxy) is 1. The van der Waals surface area contributed by atoms with Crippen LogP contribution in [0.25, 0.3) is 0 Å². The molecule has 0 radical (unpaired) electrons. The van der Waals surface area contributed by atoms with E-state index >= 15 is 0 Å². The van der Waals surface area contributed by atoms with Crippen molar-refractivity contribution >= 4 is 5.97 Å². The van der Waals surface area contributed by atoms with Crippen LogP contribution < -0.4 is 0 Å². The number of esters is 1. The molecule has 2 atom stereocenters. The Balaban J connectivity index is 2.43. The summed E-state index contributed by atoms with van der Waals surface area (Å²) in [5, 5.41) is 9.70. The van der Waals surface area contributed by atoms with Crippen LogP contribution in [0.1, 0.15) is 64.7 Å². The van der Waals surface area contributed by atoms with Gasteiger partial charge < -0.3 is 9.84 Å². The Kier molecular flexibility index (Phi) is 7.74. The molecule has 3 nitrogen and oxygen atoms in total. The average molecular weight is 254 g/mol. The van der Waals surface area contributed by atoms with E-state index in [1.165, 1.54) is 26.2 Å². The molecule has 104 valence electrons. The number of hydrogen-bond acceptors (Lipinski definition) is 3. The monoisotopic (exact) mass is 254 g/mol. The minimum absolute atomic E-state index is 0.0463. The molecule has 0 bridgehead atoms. The second-order valence-electron chi connectivity index (χ2n) is 5.15. The van der Waals surface area contributed by atoms with Gasteiger partial charge in [0.1, 0.15) is 6.10 Å².